The first-order valence-electron chi connectivity index (χ1n) is 10.7. The number of nitrogens with zero attached hydrogens (tertiary/aromatic N) is 3. The van der Waals surface area contributed by atoms with E-state index in [1.807, 2.05) is 67.4 Å². The number of rotatable bonds is 7. The van der Waals surface area contributed by atoms with Crippen LogP contribution in [0.25, 0.3) is 4.91 Å². The van der Waals surface area contributed by atoms with Gasteiger partial charge < -0.3 is 19.3 Å². The van der Waals surface area contributed by atoms with Crippen LogP contribution in [0.4, 0.5) is 0 Å². The van der Waals surface area contributed by atoms with Gasteiger partial charge in [0.15, 0.2) is 5.17 Å². The summed E-state index contributed by atoms with van der Waals surface area (Å²) in [4.78, 5) is 22.9. The van der Waals surface area contributed by atoms with E-state index in [1.165, 1.54) is 11.8 Å². The van der Waals surface area contributed by atoms with Crippen molar-refractivity contribution in [3.05, 3.63) is 81.1 Å². The van der Waals surface area contributed by atoms with Crippen molar-refractivity contribution in [2.75, 3.05) is 34.4 Å². The van der Waals surface area contributed by atoms with Crippen molar-refractivity contribution in [1.29, 1.82) is 0 Å². The third-order valence-electron chi connectivity index (χ3n) is 5.50. The molecule has 11 heteroatoms. The highest BCUT2D eigenvalue weighted by Crippen LogP contribution is 2.49. The molecule has 0 spiro atoms. The Morgan fingerprint density at radius 3 is 2.56 bits per heavy atom. The van der Waals surface area contributed by atoms with Gasteiger partial charge >= 0.3 is 5.97 Å². The molecule has 0 bridgehead atoms. The first-order chi connectivity index (χ1) is 16.3. The highest BCUT2D eigenvalue weighted by atomic mass is 35.5. The third kappa shape index (κ3) is 6.33. The molecule has 0 fully saturated rings. The van der Waals surface area contributed by atoms with Crippen LogP contribution in [-0.2, 0) is 9.53 Å². The molecule has 6 nitrogen and oxygen atoms in total. The van der Waals surface area contributed by atoms with E-state index in [1.54, 1.807) is 19.2 Å². The lowest BCUT2D eigenvalue weighted by atomic mass is 9.94. The van der Waals surface area contributed by atoms with E-state index >= 15 is 0 Å². The van der Waals surface area contributed by atoms with Gasteiger partial charge in [0.25, 0.3) is 0 Å². The van der Waals surface area contributed by atoms with Crippen LogP contribution in [-0.4, -0.2) is 55.3 Å². The number of hydrogen-bond donors (Lipinski definition) is 0. The van der Waals surface area contributed by atoms with E-state index in [0.29, 0.717) is 33.6 Å². The molecule has 2 aromatic rings. The number of para-hydroxylation sites is 1. The molecule has 0 N–H and O–H groups in total. The topological polar surface area (TPSA) is 54.4 Å². The average Bonchev–Trinajstić information content (AvgIpc) is 3.20. The minimum absolute atomic E-state index is 0. The number of carbonyl (C=O) groups is 1. The lowest BCUT2D eigenvalue weighted by Gasteiger charge is -2.34. The standard InChI is InChI=1S/C25H25Cl2N3O3S.2ClH/c1-15-22(24(31)33-12-11-29(2)3)23(18-7-5-6-8-20(18)32-4)30-14-21(34-25(30)28-15)17-10-9-16(26)13-19(17)27;;/h5-10,13-14,23H,11-12H2,1-4H3;2*1H. The van der Waals surface area contributed by atoms with E-state index in [9.17, 15) is 4.79 Å². The molecule has 2 heterocycles. The molecular formula is C25H27Cl4N3O3S. The summed E-state index contributed by atoms with van der Waals surface area (Å²) in [6, 6.07) is 12.6. The fourth-order valence-corrected chi connectivity index (χ4v) is 5.50. The average molecular weight is 591 g/mol. The van der Waals surface area contributed by atoms with Crippen LogP contribution in [0.15, 0.2) is 64.9 Å². The first-order valence-corrected chi connectivity index (χ1v) is 12.2. The van der Waals surface area contributed by atoms with Crippen molar-refractivity contribution in [2.24, 2.45) is 4.99 Å². The first kappa shape index (κ1) is 30.4. The Morgan fingerprint density at radius 1 is 1.17 bits per heavy atom. The van der Waals surface area contributed by atoms with E-state index < -0.39 is 12.0 Å². The van der Waals surface area contributed by atoms with Gasteiger partial charge in [-0.3, -0.25) is 0 Å². The van der Waals surface area contributed by atoms with Gasteiger partial charge in [0, 0.05) is 33.8 Å². The smallest absolute Gasteiger partial charge is 0.338 e. The molecule has 0 amide bonds. The SMILES string of the molecule is COc1ccccc1C1C(C(=O)OCCN(C)C)=C(C)N=C2SC(c3ccc(Cl)cc3Cl)=CN21.Cl.Cl. The lowest BCUT2D eigenvalue weighted by Crippen LogP contribution is -2.34. The third-order valence-corrected chi connectivity index (χ3v) is 7.08. The van der Waals surface area contributed by atoms with Crippen molar-refractivity contribution in [3.63, 3.8) is 0 Å². The van der Waals surface area contributed by atoms with Gasteiger partial charge in [-0.15, -0.1) is 24.8 Å². The number of ether oxygens (including phenoxy) is 2. The number of allylic oxidation sites excluding steroid dienone is 1. The zero-order valence-corrected chi connectivity index (χ0v) is 24.1. The maximum absolute atomic E-state index is 13.3. The predicted molar refractivity (Wildman–Crippen MR) is 154 cm³/mol. The number of thioether (sulfide) groups is 1. The van der Waals surface area contributed by atoms with Crippen molar-refractivity contribution < 1.29 is 14.3 Å². The second-order valence-corrected chi connectivity index (χ2v) is 9.96. The Labute approximate surface area is 238 Å². The Balaban J connectivity index is 0.00000228. The summed E-state index contributed by atoms with van der Waals surface area (Å²) in [5.41, 5.74) is 2.78. The van der Waals surface area contributed by atoms with E-state index in [0.717, 1.165) is 21.2 Å². The maximum Gasteiger partial charge on any atom is 0.338 e. The number of esters is 1. The lowest BCUT2D eigenvalue weighted by molar-refractivity contribution is -0.140. The van der Waals surface area contributed by atoms with Gasteiger partial charge in [0.2, 0.25) is 0 Å². The largest absolute Gasteiger partial charge is 0.496 e. The number of methoxy groups -OCH3 is 1. The number of likely N-dealkylation sites (N-methyl/N-ethyl adjacent to an activating group) is 1. The van der Waals surface area contributed by atoms with Gasteiger partial charge in [0.1, 0.15) is 12.4 Å². The fraction of sp³-hybridized carbons (Fsp3) is 0.280. The molecule has 0 radical (unpaired) electrons. The highest BCUT2D eigenvalue weighted by Gasteiger charge is 2.40. The minimum atomic E-state index is -0.466. The molecule has 4 rings (SSSR count). The maximum atomic E-state index is 13.3. The number of carbonyl (C=O) groups excluding carboxylic acids is 1. The van der Waals surface area contributed by atoms with Crippen molar-refractivity contribution >= 4 is 75.8 Å². The van der Waals surface area contributed by atoms with Crippen molar-refractivity contribution in [2.45, 2.75) is 13.0 Å². The van der Waals surface area contributed by atoms with Gasteiger partial charge in [-0.2, -0.15) is 0 Å². The number of hydrogen-bond acceptors (Lipinski definition) is 7. The van der Waals surface area contributed by atoms with Crippen LogP contribution in [0.1, 0.15) is 24.1 Å². The summed E-state index contributed by atoms with van der Waals surface area (Å²) < 4.78 is 11.3. The Hall–Kier alpha value is -1.87. The zero-order chi connectivity index (χ0) is 24.4. The van der Waals surface area contributed by atoms with Gasteiger partial charge in [-0.05, 0) is 51.0 Å². The summed E-state index contributed by atoms with van der Waals surface area (Å²) in [5.74, 6) is 0.283. The highest BCUT2D eigenvalue weighted by molar-refractivity contribution is 8.22. The van der Waals surface area contributed by atoms with Crippen LogP contribution in [0.3, 0.4) is 0 Å². The van der Waals surface area contributed by atoms with Crippen LogP contribution >= 0.6 is 59.8 Å². The molecule has 0 aliphatic carbocycles. The van der Waals surface area contributed by atoms with E-state index in [-0.39, 0.29) is 31.4 Å². The Kier molecular flexibility index (Phi) is 11.0. The van der Waals surface area contributed by atoms with Gasteiger partial charge in [0.05, 0.1) is 29.4 Å². The molecule has 1 unspecified atom stereocenters. The van der Waals surface area contributed by atoms with Crippen LogP contribution in [0.2, 0.25) is 10.0 Å². The fourth-order valence-electron chi connectivity index (χ4n) is 3.83. The second kappa shape index (κ2) is 13.1. The van der Waals surface area contributed by atoms with Crippen LogP contribution < -0.4 is 4.74 Å². The number of amidine groups is 1. The molecule has 2 aliphatic heterocycles. The number of benzene rings is 2. The summed E-state index contributed by atoms with van der Waals surface area (Å²) in [6.45, 7) is 2.75. The molecular weight excluding hydrogens is 564 g/mol. The molecule has 0 saturated carbocycles. The Morgan fingerprint density at radius 2 is 1.89 bits per heavy atom. The molecule has 36 heavy (non-hydrogen) atoms. The van der Waals surface area contributed by atoms with Gasteiger partial charge in [-0.25, -0.2) is 9.79 Å². The quantitative estimate of drug-likeness (QED) is 0.335. The zero-order valence-electron chi connectivity index (χ0n) is 20.2. The number of fused-ring (bicyclic) bond motifs is 1. The normalized spacial score (nSPS) is 16.5. The molecule has 2 aromatic carbocycles. The Bertz CT molecular complexity index is 1220. The molecule has 1 atom stereocenters. The summed E-state index contributed by atoms with van der Waals surface area (Å²) in [5, 5.41) is 1.87. The summed E-state index contributed by atoms with van der Waals surface area (Å²) in [7, 11) is 5.49. The second-order valence-electron chi connectivity index (χ2n) is 8.10. The van der Waals surface area contributed by atoms with E-state index in [2.05, 4.69) is 0 Å². The minimum Gasteiger partial charge on any atom is -0.496 e. The van der Waals surface area contributed by atoms with Crippen LogP contribution in [0, 0.1) is 0 Å². The van der Waals surface area contributed by atoms with Crippen molar-refractivity contribution in [1.82, 2.24) is 9.80 Å². The van der Waals surface area contributed by atoms with Gasteiger partial charge in [-0.1, -0.05) is 47.5 Å². The van der Waals surface area contributed by atoms with E-state index in [4.69, 9.17) is 37.7 Å². The monoisotopic (exact) mass is 589 g/mol. The van der Waals surface area contributed by atoms with Crippen molar-refractivity contribution in [3.8, 4) is 5.75 Å². The molecule has 0 saturated heterocycles. The number of halogens is 4. The molecule has 0 aromatic heterocycles. The molecule has 2 aliphatic rings. The summed E-state index contributed by atoms with van der Waals surface area (Å²) >= 11 is 14.1. The molecule has 194 valence electrons. The predicted octanol–water partition coefficient (Wildman–Crippen LogP) is 6.68. The summed E-state index contributed by atoms with van der Waals surface area (Å²) in [6.07, 6.45) is 1.97. The number of aliphatic imine (C=N–C) groups is 1. The van der Waals surface area contributed by atoms with Crippen LogP contribution in [0.5, 0.6) is 5.75 Å².